The van der Waals surface area contributed by atoms with Crippen LogP contribution in [0.3, 0.4) is 0 Å². The molecule has 27 heavy (non-hydrogen) atoms. The van der Waals surface area contributed by atoms with Crippen molar-refractivity contribution in [3.05, 3.63) is 47.2 Å². The van der Waals surface area contributed by atoms with Gasteiger partial charge < -0.3 is 15.0 Å². The molecule has 0 aliphatic carbocycles. The summed E-state index contributed by atoms with van der Waals surface area (Å²) in [5.41, 5.74) is 1.30. The van der Waals surface area contributed by atoms with Gasteiger partial charge in [0, 0.05) is 38.8 Å². The van der Waals surface area contributed by atoms with Crippen LogP contribution in [0.2, 0.25) is 5.02 Å². The number of rotatable bonds is 6. The van der Waals surface area contributed by atoms with Crippen molar-refractivity contribution < 1.29 is 4.74 Å². The first-order valence-corrected chi connectivity index (χ1v) is 9.87. The number of halogens is 1. The van der Waals surface area contributed by atoms with Gasteiger partial charge >= 0.3 is 0 Å². The van der Waals surface area contributed by atoms with E-state index in [4.69, 9.17) is 21.3 Å². The minimum absolute atomic E-state index is 0.0599. The molecule has 0 saturated carbocycles. The average molecular weight is 390 g/mol. The van der Waals surface area contributed by atoms with E-state index in [0.717, 1.165) is 32.0 Å². The van der Waals surface area contributed by atoms with Gasteiger partial charge in [0.2, 0.25) is 0 Å². The summed E-state index contributed by atoms with van der Waals surface area (Å²) < 4.78 is 7.80. The van der Waals surface area contributed by atoms with Crippen molar-refractivity contribution in [3.63, 3.8) is 0 Å². The smallest absolute Gasteiger partial charge is 0.194 e. The van der Waals surface area contributed by atoms with Gasteiger partial charge in [0.1, 0.15) is 11.9 Å². The summed E-state index contributed by atoms with van der Waals surface area (Å²) in [6, 6.07) is 7.53. The Morgan fingerprint density at radius 3 is 2.96 bits per heavy atom. The molecule has 2 aromatic rings. The van der Waals surface area contributed by atoms with E-state index in [1.54, 1.807) is 0 Å². The molecule has 0 spiro atoms. The number of likely N-dealkylation sites (tertiary alicyclic amines) is 1. The number of aromatic nitrogens is 2. The zero-order valence-corrected chi connectivity index (χ0v) is 17.0. The van der Waals surface area contributed by atoms with Gasteiger partial charge in [-0.1, -0.05) is 23.7 Å². The van der Waals surface area contributed by atoms with E-state index < -0.39 is 0 Å². The number of aryl methyl sites for hydroxylation is 1. The predicted octanol–water partition coefficient (Wildman–Crippen LogP) is 3.30. The Morgan fingerprint density at radius 1 is 1.44 bits per heavy atom. The van der Waals surface area contributed by atoms with Crippen LogP contribution in [-0.4, -0.2) is 52.9 Å². The van der Waals surface area contributed by atoms with Crippen LogP contribution in [0.4, 0.5) is 0 Å². The first-order chi connectivity index (χ1) is 13.1. The van der Waals surface area contributed by atoms with Gasteiger partial charge in [0.05, 0.1) is 17.8 Å². The van der Waals surface area contributed by atoms with Crippen LogP contribution in [0.1, 0.15) is 31.7 Å². The van der Waals surface area contributed by atoms with Crippen molar-refractivity contribution in [3.8, 4) is 5.75 Å². The van der Waals surface area contributed by atoms with E-state index in [1.807, 2.05) is 49.1 Å². The summed E-state index contributed by atoms with van der Waals surface area (Å²) in [4.78, 5) is 7.12. The van der Waals surface area contributed by atoms with Crippen LogP contribution < -0.4 is 10.1 Å². The third kappa shape index (κ3) is 5.16. The number of nitrogens with zero attached hydrogens (tertiary/aromatic N) is 4. The lowest BCUT2D eigenvalue weighted by Crippen LogP contribution is -2.40. The molecule has 2 atom stereocenters. The zero-order valence-electron chi connectivity index (χ0n) is 16.2. The molecule has 2 unspecified atom stereocenters. The minimum Gasteiger partial charge on any atom is -0.487 e. The van der Waals surface area contributed by atoms with Crippen molar-refractivity contribution >= 4 is 17.6 Å². The van der Waals surface area contributed by atoms with Crippen LogP contribution in [0.5, 0.6) is 5.75 Å². The number of aliphatic imine (C=N–C) groups is 1. The van der Waals surface area contributed by atoms with Crippen molar-refractivity contribution in [1.29, 1.82) is 0 Å². The van der Waals surface area contributed by atoms with E-state index in [0.29, 0.717) is 23.2 Å². The molecule has 6 nitrogen and oxygen atoms in total. The SMILES string of the molecule is CCNC(=NCC(C)Oc1ccccc1Cl)N1CCC(c2cnn(C)c2)C1. The summed E-state index contributed by atoms with van der Waals surface area (Å²) in [5, 5.41) is 8.33. The van der Waals surface area contributed by atoms with Crippen LogP contribution in [-0.2, 0) is 7.05 Å². The topological polar surface area (TPSA) is 54.7 Å². The van der Waals surface area contributed by atoms with E-state index in [9.17, 15) is 0 Å². The molecule has 1 aromatic carbocycles. The third-order valence-electron chi connectivity index (χ3n) is 4.68. The average Bonchev–Trinajstić information content (AvgIpc) is 3.29. The Hall–Kier alpha value is -2.21. The highest BCUT2D eigenvalue weighted by Gasteiger charge is 2.27. The van der Waals surface area contributed by atoms with Crippen LogP contribution >= 0.6 is 11.6 Å². The molecule has 0 radical (unpaired) electrons. The van der Waals surface area contributed by atoms with Crippen molar-refractivity contribution in [1.82, 2.24) is 20.0 Å². The first kappa shape index (κ1) is 19.5. The molecule has 146 valence electrons. The van der Waals surface area contributed by atoms with Gasteiger partial charge in [0.25, 0.3) is 0 Å². The maximum atomic E-state index is 6.17. The number of para-hydroxylation sites is 1. The molecule has 1 aromatic heterocycles. The van der Waals surface area contributed by atoms with E-state index in [1.165, 1.54) is 5.56 Å². The Bertz CT molecular complexity index is 775. The van der Waals surface area contributed by atoms with Crippen molar-refractivity contribution in [2.24, 2.45) is 12.0 Å². The van der Waals surface area contributed by atoms with Crippen LogP contribution in [0.25, 0.3) is 0 Å². The molecule has 7 heteroatoms. The lowest BCUT2D eigenvalue weighted by atomic mass is 10.0. The highest BCUT2D eigenvalue weighted by atomic mass is 35.5. The Morgan fingerprint density at radius 2 is 2.26 bits per heavy atom. The summed E-state index contributed by atoms with van der Waals surface area (Å²) in [7, 11) is 1.96. The lowest BCUT2D eigenvalue weighted by molar-refractivity contribution is 0.230. The number of nitrogens with one attached hydrogen (secondary N) is 1. The summed E-state index contributed by atoms with van der Waals surface area (Å²) in [6.45, 7) is 7.46. The van der Waals surface area contributed by atoms with Gasteiger partial charge in [-0.15, -0.1) is 0 Å². The van der Waals surface area contributed by atoms with Gasteiger partial charge in [-0.25, -0.2) is 4.99 Å². The number of benzene rings is 1. The van der Waals surface area contributed by atoms with E-state index >= 15 is 0 Å². The lowest BCUT2D eigenvalue weighted by Gasteiger charge is -2.22. The maximum absolute atomic E-state index is 6.17. The summed E-state index contributed by atoms with van der Waals surface area (Å²) >= 11 is 6.17. The molecular weight excluding hydrogens is 362 g/mol. The Balaban J connectivity index is 1.60. The first-order valence-electron chi connectivity index (χ1n) is 9.49. The molecular formula is C20H28ClN5O. The molecule has 1 N–H and O–H groups in total. The molecule has 2 heterocycles. The number of ether oxygens (including phenoxy) is 1. The summed E-state index contributed by atoms with van der Waals surface area (Å²) in [5.74, 6) is 2.14. The largest absolute Gasteiger partial charge is 0.487 e. The normalized spacial score (nSPS) is 18.6. The standard InChI is InChI=1S/C20H28ClN5O/c1-4-22-20(23-11-15(2)27-19-8-6-5-7-18(19)21)26-10-9-16(14-26)17-12-24-25(3)13-17/h5-8,12-13,15-16H,4,9-11,14H2,1-3H3,(H,22,23). The molecule has 1 aliphatic heterocycles. The minimum atomic E-state index is -0.0599. The molecule has 0 bridgehead atoms. The molecule has 1 aliphatic rings. The quantitative estimate of drug-likeness (QED) is 0.608. The Labute approximate surface area is 166 Å². The maximum Gasteiger partial charge on any atom is 0.194 e. The molecule has 3 rings (SSSR count). The molecule has 1 saturated heterocycles. The highest BCUT2D eigenvalue weighted by molar-refractivity contribution is 6.32. The number of hydrogen-bond acceptors (Lipinski definition) is 3. The van der Waals surface area contributed by atoms with Gasteiger partial charge in [-0.3, -0.25) is 4.68 Å². The van der Waals surface area contributed by atoms with Crippen LogP contribution in [0.15, 0.2) is 41.7 Å². The Kier molecular flexibility index (Phi) is 6.61. The third-order valence-corrected chi connectivity index (χ3v) is 4.99. The molecule has 1 fully saturated rings. The highest BCUT2D eigenvalue weighted by Crippen LogP contribution is 2.27. The second-order valence-corrected chi connectivity index (χ2v) is 7.34. The second kappa shape index (κ2) is 9.13. The van der Waals surface area contributed by atoms with Gasteiger partial charge in [-0.2, -0.15) is 5.10 Å². The number of guanidine groups is 1. The van der Waals surface area contributed by atoms with Gasteiger partial charge in [0.15, 0.2) is 5.96 Å². The van der Waals surface area contributed by atoms with Crippen molar-refractivity contribution in [2.75, 3.05) is 26.2 Å². The second-order valence-electron chi connectivity index (χ2n) is 6.93. The fraction of sp³-hybridized carbons (Fsp3) is 0.500. The zero-order chi connectivity index (χ0) is 19.2. The predicted molar refractivity (Wildman–Crippen MR) is 110 cm³/mol. The van der Waals surface area contributed by atoms with E-state index in [-0.39, 0.29) is 6.10 Å². The van der Waals surface area contributed by atoms with Crippen LogP contribution in [0, 0.1) is 0 Å². The van der Waals surface area contributed by atoms with E-state index in [2.05, 4.69) is 28.4 Å². The van der Waals surface area contributed by atoms with Gasteiger partial charge in [-0.05, 0) is 38.0 Å². The fourth-order valence-corrected chi connectivity index (χ4v) is 3.49. The monoisotopic (exact) mass is 389 g/mol. The fourth-order valence-electron chi connectivity index (χ4n) is 3.31. The van der Waals surface area contributed by atoms with Crippen molar-refractivity contribution in [2.45, 2.75) is 32.3 Å². The summed E-state index contributed by atoms with van der Waals surface area (Å²) in [6.07, 6.45) is 5.13. The number of hydrogen-bond donors (Lipinski definition) is 1. The molecule has 0 amide bonds.